The van der Waals surface area contributed by atoms with Gasteiger partial charge in [-0.05, 0) is 63.5 Å². The van der Waals surface area contributed by atoms with E-state index >= 15 is 0 Å². The Morgan fingerprint density at radius 3 is 2.21 bits per heavy atom. The number of carbonyl (C=O) groups is 1. The Hall–Kier alpha value is -3.63. The topological polar surface area (TPSA) is 67.7 Å². The van der Waals surface area contributed by atoms with Crippen molar-refractivity contribution in [3.63, 3.8) is 0 Å². The first-order valence-corrected chi connectivity index (χ1v) is 13.0. The Balaban J connectivity index is 1.44. The molecule has 0 N–H and O–H groups in total. The zero-order valence-electron chi connectivity index (χ0n) is 20.4. The van der Waals surface area contributed by atoms with Crippen LogP contribution in [0.15, 0.2) is 70.1 Å². The highest BCUT2D eigenvalue weighted by Gasteiger charge is 2.39. The van der Waals surface area contributed by atoms with E-state index in [1.165, 1.54) is 28.8 Å². The Morgan fingerprint density at radius 1 is 0.947 bits per heavy atom. The van der Waals surface area contributed by atoms with Crippen molar-refractivity contribution in [2.75, 3.05) is 31.1 Å². The minimum Gasteiger partial charge on any atom is -0.460 e. The lowest BCUT2D eigenvalue weighted by Gasteiger charge is -2.45. The van der Waals surface area contributed by atoms with Crippen molar-refractivity contribution in [3.05, 3.63) is 104 Å². The third-order valence-electron chi connectivity index (χ3n) is 7.33. The quantitative estimate of drug-likeness (QED) is 0.264. The predicted molar refractivity (Wildman–Crippen MR) is 142 cm³/mol. The molecular formula is C28H23BrF2N4O3. The molecule has 194 valence electrons. The number of cyclic esters (lactones) is 1. The summed E-state index contributed by atoms with van der Waals surface area (Å²) in [6.07, 6.45) is 0. The lowest BCUT2D eigenvalue weighted by molar-refractivity contribution is 0.0451. The van der Waals surface area contributed by atoms with Crippen LogP contribution in [0.5, 0.6) is 0 Å². The molecule has 38 heavy (non-hydrogen) atoms. The van der Waals surface area contributed by atoms with Gasteiger partial charge in [-0.2, -0.15) is 0 Å². The van der Waals surface area contributed by atoms with E-state index in [1.54, 1.807) is 43.4 Å². The van der Waals surface area contributed by atoms with Gasteiger partial charge in [-0.3, -0.25) is 9.69 Å². The number of ether oxygens (including phenoxy) is 1. The molecular weight excluding hydrogens is 558 g/mol. The fourth-order valence-electron chi connectivity index (χ4n) is 5.53. The smallest absolute Gasteiger partial charge is 0.346 e. The molecule has 10 heteroatoms. The molecule has 2 aromatic carbocycles. The number of hydrogen-bond acceptors (Lipinski definition) is 6. The van der Waals surface area contributed by atoms with Crippen LogP contribution in [0.3, 0.4) is 0 Å². The fourth-order valence-corrected chi connectivity index (χ4v) is 5.84. The molecule has 1 saturated heterocycles. The average molecular weight is 581 g/mol. The number of carbonyl (C=O) groups excluding carboxylic acids is 1. The van der Waals surface area contributed by atoms with Crippen LogP contribution in [0.4, 0.5) is 14.5 Å². The summed E-state index contributed by atoms with van der Waals surface area (Å²) < 4.78 is 35.1. The number of piperazine rings is 1. The van der Waals surface area contributed by atoms with E-state index in [1.807, 2.05) is 4.90 Å². The molecule has 2 aliphatic rings. The number of rotatable bonds is 3. The van der Waals surface area contributed by atoms with Gasteiger partial charge in [0, 0.05) is 26.7 Å². The standard InChI is InChI=1S/C28H23BrF2N4O3/c1-33-21-10-11-22(29)32-24(21)26-23(27(33)36)28(37)38-15-20-14-34(12-13-35(20)26)25(16-2-6-18(30)7-3-16)17-4-8-19(31)9-5-17/h2-11,20,25H,12-15H2,1H3/t20-/m0/s1. The van der Waals surface area contributed by atoms with Crippen LogP contribution in [0.1, 0.15) is 27.5 Å². The molecule has 4 aromatic rings. The van der Waals surface area contributed by atoms with Gasteiger partial charge in [-0.1, -0.05) is 24.3 Å². The Kier molecular flexibility index (Phi) is 6.23. The highest BCUT2D eigenvalue weighted by molar-refractivity contribution is 9.10. The second-order valence-corrected chi connectivity index (χ2v) is 10.3. The third-order valence-corrected chi connectivity index (χ3v) is 7.77. The number of hydrogen-bond donors (Lipinski definition) is 0. The van der Waals surface area contributed by atoms with E-state index in [0.717, 1.165) is 11.1 Å². The molecule has 6 rings (SSSR count). The van der Waals surface area contributed by atoms with Gasteiger partial charge in [-0.15, -0.1) is 0 Å². The van der Waals surface area contributed by atoms with E-state index in [-0.39, 0.29) is 35.9 Å². The van der Waals surface area contributed by atoms with Crippen molar-refractivity contribution >= 4 is 38.6 Å². The van der Waals surface area contributed by atoms with Crippen LogP contribution >= 0.6 is 15.9 Å². The first-order chi connectivity index (χ1) is 18.3. The molecule has 1 fully saturated rings. The largest absolute Gasteiger partial charge is 0.460 e. The van der Waals surface area contributed by atoms with E-state index < -0.39 is 11.5 Å². The lowest BCUT2D eigenvalue weighted by Crippen LogP contribution is -2.55. The summed E-state index contributed by atoms with van der Waals surface area (Å²) in [7, 11) is 1.62. The number of aryl methyl sites for hydroxylation is 1. The summed E-state index contributed by atoms with van der Waals surface area (Å²) >= 11 is 3.42. The van der Waals surface area contributed by atoms with Crippen molar-refractivity contribution in [1.29, 1.82) is 0 Å². The first kappa shape index (κ1) is 24.7. The number of pyridine rings is 2. The average Bonchev–Trinajstić information content (AvgIpc) is 3.06. The van der Waals surface area contributed by atoms with Gasteiger partial charge < -0.3 is 14.2 Å². The van der Waals surface area contributed by atoms with Crippen LogP contribution in [0.25, 0.3) is 11.0 Å². The zero-order valence-corrected chi connectivity index (χ0v) is 22.0. The molecule has 2 aliphatic heterocycles. The second kappa shape index (κ2) is 9.59. The zero-order chi connectivity index (χ0) is 26.6. The summed E-state index contributed by atoms with van der Waals surface area (Å²) in [5.74, 6) is -1.34. The van der Waals surface area contributed by atoms with Crippen molar-refractivity contribution in [2.24, 2.45) is 7.05 Å². The maximum Gasteiger partial charge on any atom is 0.346 e. The Morgan fingerprint density at radius 2 is 1.58 bits per heavy atom. The maximum absolute atomic E-state index is 13.8. The molecule has 0 unspecified atom stereocenters. The highest BCUT2D eigenvalue weighted by atomic mass is 79.9. The van der Waals surface area contributed by atoms with Gasteiger partial charge in [0.1, 0.15) is 28.4 Å². The van der Waals surface area contributed by atoms with Gasteiger partial charge in [0.05, 0.1) is 23.3 Å². The van der Waals surface area contributed by atoms with Crippen LogP contribution < -0.4 is 10.5 Å². The number of aromatic nitrogens is 2. The molecule has 0 spiro atoms. The number of anilines is 1. The molecule has 1 atom stereocenters. The van der Waals surface area contributed by atoms with Crippen LogP contribution in [-0.2, 0) is 11.8 Å². The fraction of sp³-hybridized carbons (Fsp3) is 0.250. The minimum absolute atomic E-state index is 0.0184. The van der Waals surface area contributed by atoms with Gasteiger partial charge >= 0.3 is 5.97 Å². The summed E-state index contributed by atoms with van der Waals surface area (Å²) in [5.41, 5.74) is 2.92. The summed E-state index contributed by atoms with van der Waals surface area (Å²) in [6.45, 7) is 1.62. The molecule has 7 nitrogen and oxygen atoms in total. The van der Waals surface area contributed by atoms with Crippen molar-refractivity contribution < 1.29 is 18.3 Å². The maximum atomic E-state index is 13.8. The van der Waals surface area contributed by atoms with Gasteiger partial charge in [-0.25, -0.2) is 18.6 Å². The van der Waals surface area contributed by atoms with Crippen molar-refractivity contribution in [1.82, 2.24) is 14.5 Å². The molecule has 0 saturated carbocycles. The van der Waals surface area contributed by atoms with Gasteiger partial charge in [0.15, 0.2) is 5.56 Å². The summed E-state index contributed by atoms with van der Waals surface area (Å²) in [4.78, 5) is 35.3. The number of benzene rings is 2. The van der Waals surface area contributed by atoms with Gasteiger partial charge in [0.25, 0.3) is 5.56 Å². The number of esters is 1. The minimum atomic E-state index is -0.668. The number of halogens is 3. The number of fused-ring (bicyclic) bond motifs is 5. The first-order valence-electron chi connectivity index (χ1n) is 12.2. The third kappa shape index (κ3) is 4.17. The van der Waals surface area contributed by atoms with E-state index in [0.29, 0.717) is 41.0 Å². The van der Waals surface area contributed by atoms with Crippen molar-refractivity contribution in [3.8, 4) is 0 Å². The molecule has 0 amide bonds. The predicted octanol–water partition coefficient (Wildman–Crippen LogP) is 4.42. The molecule has 4 heterocycles. The molecule has 0 bridgehead atoms. The molecule has 0 aliphatic carbocycles. The molecule has 0 radical (unpaired) electrons. The summed E-state index contributed by atoms with van der Waals surface area (Å²) in [5, 5.41) is 0. The van der Waals surface area contributed by atoms with E-state index in [2.05, 4.69) is 25.8 Å². The van der Waals surface area contributed by atoms with E-state index in [4.69, 9.17) is 4.74 Å². The highest BCUT2D eigenvalue weighted by Crippen LogP contribution is 2.37. The van der Waals surface area contributed by atoms with Gasteiger partial charge in [0.2, 0.25) is 0 Å². The van der Waals surface area contributed by atoms with Crippen LogP contribution in [0, 0.1) is 11.6 Å². The van der Waals surface area contributed by atoms with E-state index in [9.17, 15) is 18.4 Å². The normalized spacial score (nSPS) is 17.8. The summed E-state index contributed by atoms with van der Waals surface area (Å²) in [6, 6.07) is 15.6. The van der Waals surface area contributed by atoms with Crippen LogP contribution in [0.2, 0.25) is 0 Å². The monoisotopic (exact) mass is 580 g/mol. The molecule has 2 aromatic heterocycles. The van der Waals surface area contributed by atoms with Crippen LogP contribution in [-0.4, -0.2) is 52.7 Å². The SMILES string of the molecule is Cn1c(=O)c2c(c3nc(Br)ccc31)N1CCN(C(c3ccc(F)cc3)c3ccc(F)cc3)C[C@H]1COC2=O. The number of nitrogens with zero attached hydrogens (tertiary/aromatic N) is 4. The van der Waals surface area contributed by atoms with Crippen molar-refractivity contribution in [2.45, 2.75) is 12.1 Å². The Labute approximate surface area is 225 Å². The Bertz CT molecular complexity index is 1560. The second-order valence-electron chi connectivity index (χ2n) is 9.54. The lowest BCUT2D eigenvalue weighted by atomic mass is 9.95.